The Bertz CT molecular complexity index is 1810. The van der Waals surface area contributed by atoms with Crippen LogP contribution in [0.2, 0.25) is 0 Å². The molecule has 2 bridgehead atoms. The molecule has 4 aliphatic heterocycles. The van der Waals surface area contributed by atoms with Gasteiger partial charge in [0.25, 0.3) is 0 Å². The van der Waals surface area contributed by atoms with Crippen molar-refractivity contribution in [1.82, 2.24) is 24.1 Å². The van der Waals surface area contributed by atoms with Crippen LogP contribution in [0, 0.1) is 5.82 Å². The summed E-state index contributed by atoms with van der Waals surface area (Å²) in [4.78, 5) is 50.1. The number of nitrogens with zero attached hydrogens (tertiary/aromatic N) is 6. The van der Waals surface area contributed by atoms with E-state index in [1.165, 1.54) is 23.4 Å². The summed E-state index contributed by atoms with van der Waals surface area (Å²) in [6.45, 7) is -5.75. The smallest absolute Gasteiger partial charge is 0.387 e. The van der Waals surface area contributed by atoms with E-state index in [-0.39, 0.29) is 34.8 Å². The van der Waals surface area contributed by atoms with Crippen LogP contribution in [0.5, 0.6) is 0 Å². The lowest BCUT2D eigenvalue weighted by molar-refractivity contribution is -0.0640. The lowest BCUT2D eigenvalue weighted by Gasteiger charge is -2.28. The standard InChI is InChI=1S/C22H24FN7O12P2S/c23-8-3-29(19-12(8)9(31)1-2-25-19)22-17-14(32)10(39-22)4-37-43(34,35)41-16-11(5-38-44(36,45)42-17)40-21(15(16)33)30-7-28-13-18(24)26-6-27-20(13)30/h2-3,6-7,10-11,14-17,21-22,32-33H,1,4-5H2,(H,34,35)(H,36,45)(H2,24,26,27)/t10-,11-,14-,15-,16-,17-,21-,22-,44?/m1/s1. The van der Waals surface area contributed by atoms with E-state index in [4.69, 9.17) is 45.1 Å². The number of aliphatic hydroxyl groups is 2. The Labute approximate surface area is 256 Å². The lowest BCUT2D eigenvalue weighted by atomic mass is 10.1. The molecule has 10 atom stereocenters. The average Bonchev–Trinajstić information content (AvgIpc) is 3.71. The monoisotopic (exact) mass is 691 g/mol. The summed E-state index contributed by atoms with van der Waals surface area (Å²) in [6, 6.07) is 0. The number of carbonyl (C=O) groups excluding carboxylic acids is 1. The zero-order chi connectivity index (χ0) is 31.8. The number of phosphoric acid groups is 1. The fourth-order valence-electron chi connectivity index (χ4n) is 5.55. The Morgan fingerprint density at radius 3 is 2.56 bits per heavy atom. The Morgan fingerprint density at radius 1 is 1.00 bits per heavy atom. The number of aliphatic hydroxyl groups excluding tert-OH is 2. The van der Waals surface area contributed by atoms with Crippen molar-refractivity contribution in [3.05, 3.63) is 30.2 Å². The summed E-state index contributed by atoms with van der Waals surface area (Å²) in [7, 11) is -5.04. The van der Waals surface area contributed by atoms with E-state index in [0.29, 0.717) is 0 Å². The largest absolute Gasteiger partial charge is 0.472 e. The Morgan fingerprint density at radius 2 is 1.76 bits per heavy atom. The number of ketones is 1. The third-order valence-corrected chi connectivity index (χ3v) is 10.1. The molecule has 3 saturated heterocycles. The number of anilines is 1. The van der Waals surface area contributed by atoms with Crippen LogP contribution in [0.15, 0.2) is 23.8 Å². The van der Waals surface area contributed by atoms with Gasteiger partial charge in [-0.05, 0) is 11.8 Å². The maximum atomic E-state index is 14.8. The number of ether oxygens (including phenoxy) is 2. The Balaban J connectivity index is 1.20. The Kier molecular flexibility index (Phi) is 7.76. The highest BCUT2D eigenvalue weighted by molar-refractivity contribution is 8.07. The van der Waals surface area contributed by atoms with Crippen molar-refractivity contribution >= 4 is 61.1 Å². The number of hydrogen-bond donors (Lipinski definition) is 5. The number of aromatic nitrogens is 5. The minimum absolute atomic E-state index is 0.0543. The number of rotatable bonds is 2. The molecule has 0 aromatic carbocycles. The van der Waals surface area contributed by atoms with E-state index in [9.17, 15) is 33.7 Å². The molecule has 4 aliphatic rings. The van der Waals surface area contributed by atoms with Crippen LogP contribution < -0.4 is 5.73 Å². The van der Waals surface area contributed by atoms with Gasteiger partial charge in [-0.25, -0.2) is 28.9 Å². The first kappa shape index (κ1) is 31.0. The summed E-state index contributed by atoms with van der Waals surface area (Å²) in [5.41, 5.74) is 5.91. The minimum atomic E-state index is -5.04. The molecule has 0 aliphatic carbocycles. The van der Waals surface area contributed by atoms with Crippen LogP contribution in [-0.4, -0.2) is 106 Å². The molecule has 7 rings (SSSR count). The van der Waals surface area contributed by atoms with Gasteiger partial charge in [0.1, 0.15) is 54.3 Å². The fraction of sp³-hybridized carbons (Fsp3) is 0.500. The number of hydrogen-bond acceptors (Lipinski definition) is 16. The van der Waals surface area contributed by atoms with Crippen molar-refractivity contribution in [3.63, 3.8) is 0 Å². The molecule has 3 aromatic heterocycles. The number of aliphatic imine (C=N–C) groups is 1. The number of carbonyl (C=O) groups is 1. The summed E-state index contributed by atoms with van der Waals surface area (Å²) in [5.74, 6) is -1.54. The van der Waals surface area contributed by atoms with E-state index in [1.54, 1.807) is 0 Å². The summed E-state index contributed by atoms with van der Waals surface area (Å²) in [5, 5.41) is 22.2. The van der Waals surface area contributed by atoms with Crippen molar-refractivity contribution in [3.8, 4) is 0 Å². The van der Waals surface area contributed by atoms with Gasteiger partial charge in [-0.2, -0.15) is 0 Å². The molecule has 23 heteroatoms. The molecule has 242 valence electrons. The highest BCUT2D eigenvalue weighted by Gasteiger charge is 2.53. The van der Waals surface area contributed by atoms with Crippen molar-refractivity contribution < 1.29 is 61.3 Å². The molecule has 0 radical (unpaired) electrons. The van der Waals surface area contributed by atoms with Gasteiger partial charge < -0.3 is 44.3 Å². The van der Waals surface area contributed by atoms with Gasteiger partial charge in [0, 0.05) is 18.8 Å². The van der Waals surface area contributed by atoms with Gasteiger partial charge in [0.2, 0.25) is 0 Å². The zero-order valence-electron chi connectivity index (χ0n) is 22.5. The van der Waals surface area contributed by atoms with E-state index in [1.807, 2.05) is 0 Å². The summed E-state index contributed by atoms with van der Waals surface area (Å²) in [6.07, 6.45) is -7.60. The molecule has 7 heterocycles. The molecule has 0 spiro atoms. The molecule has 19 nitrogen and oxygen atoms in total. The first-order chi connectivity index (χ1) is 21.3. The first-order valence-corrected chi connectivity index (χ1v) is 17.3. The number of nitrogens with two attached hydrogens (primary N) is 1. The van der Waals surface area contributed by atoms with Gasteiger partial charge in [-0.1, -0.05) is 0 Å². The molecule has 45 heavy (non-hydrogen) atoms. The van der Waals surface area contributed by atoms with Gasteiger partial charge in [0.15, 0.2) is 35.5 Å². The molecular weight excluding hydrogens is 667 g/mol. The second-order valence-corrected chi connectivity index (χ2v) is 14.6. The number of halogens is 1. The second kappa shape index (κ2) is 11.3. The van der Waals surface area contributed by atoms with Crippen LogP contribution in [0.4, 0.5) is 16.0 Å². The number of nitrogen functional groups attached to an aromatic ring is 1. The number of Topliss-reactive ketones (excluding diaryl/α,β-unsaturated/α-hetero) is 1. The highest BCUT2D eigenvalue weighted by atomic mass is 32.5. The molecular formula is C22H24FN7O12P2S. The van der Waals surface area contributed by atoms with Gasteiger partial charge in [-0.3, -0.25) is 22.9 Å². The summed E-state index contributed by atoms with van der Waals surface area (Å²) < 4.78 is 63.6. The van der Waals surface area contributed by atoms with Gasteiger partial charge in [-0.15, -0.1) is 0 Å². The maximum Gasteiger partial charge on any atom is 0.472 e. The fourth-order valence-corrected chi connectivity index (χ4v) is 7.93. The number of imidazole rings is 1. The van der Waals surface area contributed by atoms with Crippen LogP contribution in [0.3, 0.4) is 0 Å². The topological polar surface area (TPSA) is 257 Å². The normalized spacial score (nSPS) is 38.8. The van der Waals surface area contributed by atoms with Crippen molar-refractivity contribution in [2.24, 2.45) is 4.99 Å². The molecule has 3 aromatic rings. The third kappa shape index (κ3) is 5.46. The minimum Gasteiger partial charge on any atom is -0.387 e. The molecule has 3 fully saturated rings. The van der Waals surface area contributed by atoms with E-state index < -0.39 is 88.4 Å². The van der Waals surface area contributed by atoms with Crippen LogP contribution in [0.25, 0.3) is 11.2 Å². The number of fused-ring (bicyclic) bond motifs is 5. The van der Waals surface area contributed by atoms with Crippen LogP contribution in [-0.2, 0) is 43.9 Å². The molecule has 2 unspecified atom stereocenters. The zero-order valence-corrected chi connectivity index (χ0v) is 25.2. The summed E-state index contributed by atoms with van der Waals surface area (Å²) >= 11 is 5.19. The van der Waals surface area contributed by atoms with Crippen molar-refractivity contribution in [1.29, 1.82) is 0 Å². The van der Waals surface area contributed by atoms with Gasteiger partial charge >= 0.3 is 14.5 Å². The van der Waals surface area contributed by atoms with E-state index in [0.717, 1.165) is 10.8 Å². The molecule has 6 N–H and O–H groups in total. The predicted molar refractivity (Wildman–Crippen MR) is 149 cm³/mol. The second-order valence-electron chi connectivity index (χ2n) is 10.4. The lowest BCUT2D eigenvalue weighted by Crippen LogP contribution is -2.36. The third-order valence-electron chi connectivity index (χ3n) is 7.60. The predicted octanol–water partition coefficient (Wildman–Crippen LogP) is -0.0110. The average molecular weight is 691 g/mol. The first-order valence-electron chi connectivity index (χ1n) is 13.2. The van der Waals surface area contributed by atoms with E-state index >= 15 is 0 Å². The molecule has 0 saturated carbocycles. The van der Waals surface area contributed by atoms with Crippen molar-refractivity contribution in [2.75, 3.05) is 18.9 Å². The highest BCUT2D eigenvalue weighted by Crippen LogP contribution is 2.54. The number of phosphoric ester groups is 1. The van der Waals surface area contributed by atoms with E-state index in [2.05, 4.69) is 19.9 Å². The Hall–Kier alpha value is -2.62. The molecule has 0 amide bonds. The van der Waals surface area contributed by atoms with Crippen LogP contribution >= 0.6 is 14.5 Å². The van der Waals surface area contributed by atoms with Gasteiger partial charge in [0.05, 0.1) is 25.1 Å². The van der Waals surface area contributed by atoms with Crippen LogP contribution in [0.1, 0.15) is 29.2 Å². The van der Waals surface area contributed by atoms with Crippen molar-refractivity contribution in [2.45, 2.75) is 55.5 Å². The SMILES string of the molecule is Nc1ncnc2c1ncn2[C@@H]1O[C@@H]2COP(O)(=S)O[C@@H]3[C@H](O)[C@@H](COP(=O)(O)O[C@H]2[C@H]1O)O[C@H]3n1cc(F)c2c1N=CCC2=O. The quantitative estimate of drug-likeness (QED) is 0.221. The maximum absolute atomic E-state index is 14.8.